The summed E-state index contributed by atoms with van der Waals surface area (Å²) in [6, 6.07) is 5.99. The second-order valence-electron chi connectivity index (χ2n) is 8.08. The zero-order valence-electron chi connectivity index (χ0n) is 17.2. The summed E-state index contributed by atoms with van der Waals surface area (Å²) in [6.07, 6.45) is -6.83. The van der Waals surface area contributed by atoms with Crippen molar-refractivity contribution in [2.45, 2.75) is 58.0 Å². The van der Waals surface area contributed by atoms with Gasteiger partial charge < -0.3 is 14.8 Å². The molecule has 1 aromatic rings. The van der Waals surface area contributed by atoms with Crippen LogP contribution in [0.4, 0.5) is 22.8 Å². The van der Waals surface area contributed by atoms with Gasteiger partial charge in [-0.05, 0) is 32.8 Å². The van der Waals surface area contributed by atoms with Crippen LogP contribution in [-0.2, 0) is 20.7 Å². The van der Waals surface area contributed by atoms with Crippen LogP contribution in [0.5, 0.6) is 0 Å². The van der Waals surface area contributed by atoms with Crippen LogP contribution in [0.15, 0.2) is 30.3 Å². The maximum absolute atomic E-state index is 13.4. The average molecular weight is 430 g/mol. The number of nitrogens with zero attached hydrogens (tertiary/aromatic N) is 1. The highest BCUT2D eigenvalue weighted by atomic mass is 19.4. The summed E-state index contributed by atoms with van der Waals surface area (Å²) >= 11 is 0. The Balaban J connectivity index is 2.27. The van der Waals surface area contributed by atoms with E-state index in [0.29, 0.717) is 4.90 Å². The number of nitrogens with one attached hydrogen (secondary N) is 1. The van der Waals surface area contributed by atoms with Gasteiger partial charge in [0.2, 0.25) is 0 Å². The Labute approximate surface area is 172 Å². The van der Waals surface area contributed by atoms with Crippen LogP contribution >= 0.6 is 0 Å². The number of benzene rings is 1. The number of carbonyl (C=O) groups is 3. The molecule has 2 rings (SSSR count). The van der Waals surface area contributed by atoms with Crippen LogP contribution < -0.4 is 5.32 Å². The predicted octanol–water partition coefficient (Wildman–Crippen LogP) is 3.67. The number of ether oxygens (including phenoxy) is 2. The number of rotatable bonds is 5. The third-order valence-electron chi connectivity index (χ3n) is 4.47. The van der Waals surface area contributed by atoms with Crippen molar-refractivity contribution in [3.05, 3.63) is 35.9 Å². The molecule has 7 nitrogen and oxygen atoms in total. The fraction of sp³-hybridized carbons (Fsp3) is 0.550. The number of alkyl carbamates (subject to hydrolysis) is 1. The molecule has 3 atom stereocenters. The maximum Gasteiger partial charge on any atom is 0.417 e. The van der Waals surface area contributed by atoms with Crippen molar-refractivity contribution in [1.29, 1.82) is 0 Å². The van der Waals surface area contributed by atoms with Crippen molar-refractivity contribution in [2.24, 2.45) is 5.92 Å². The average Bonchev–Trinajstić information content (AvgIpc) is 2.97. The number of hydrogen-bond acceptors (Lipinski definition) is 5. The van der Waals surface area contributed by atoms with Crippen LogP contribution in [0.25, 0.3) is 0 Å². The standard InChI is InChI=1S/C20H25F3N2O5/c1-12(20(21,22)23)15(24-17(27)30-19(2,3)4)16(26)25-14(11-29-18(25)28)10-13-8-6-5-7-9-13/h5-9,12,14-15H,10-11H2,1-4H3,(H,24,27)/t12-,14-,15-/m0/s1. The minimum absolute atomic E-state index is 0.154. The Bertz CT molecular complexity index is 777. The molecular weight excluding hydrogens is 405 g/mol. The van der Waals surface area contributed by atoms with Crippen molar-refractivity contribution in [3.63, 3.8) is 0 Å². The molecule has 0 spiro atoms. The number of cyclic esters (lactones) is 1. The van der Waals surface area contributed by atoms with E-state index in [1.807, 2.05) is 5.32 Å². The molecule has 1 aromatic carbocycles. The molecule has 1 aliphatic heterocycles. The fourth-order valence-corrected chi connectivity index (χ4v) is 2.94. The van der Waals surface area contributed by atoms with Gasteiger partial charge in [0.15, 0.2) is 0 Å². The summed E-state index contributed by atoms with van der Waals surface area (Å²) in [5.41, 5.74) is -0.208. The first-order valence-corrected chi connectivity index (χ1v) is 9.39. The quantitative estimate of drug-likeness (QED) is 0.771. The lowest BCUT2D eigenvalue weighted by Crippen LogP contribution is -2.57. The van der Waals surface area contributed by atoms with Crippen LogP contribution in [-0.4, -0.2) is 53.5 Å². The van der Waals surface area contributed by atoms with Crippen molar-refractivity contribution in [1.82, 2.24) is 10.2 Å². The number of amides is 3. The van der Waals surface area contributed by atoms with Gasteiger partial charge >= 0.3 is 18.4 Å². The van der Waals surface area contributed by atoms with E-state index in [4.69, 9.17) is 9.47 Å². The van der Waals surface area contributed by atoms with Gasteiger partial charge in [0.05, 0.1) is 12.0 Å². The van der Waals surface area contributed by atoms with Gasteiger partial charge in [-0.1, -0.05) is 37.3 Å². The second kappa shape index (κ2) is 8.93. The lowest BCUT2D eigenvalue weighted by molar-refractivity contribution is -0.182. The number of alkyl halides is 3. The van der Waals surface area contributed by atoms with Gasteiger partial charge in [0.1, 0.15) is 18.2 Å². The minimum Gasteiger partial charge on any atom is -0.447 e. The molecule has 166 valence electrons. The lowest BCUT2D eigenvalue weighted by atomic mass is 9.98. The van der Waals surface area contributed by atoms with Gasteiger partial charge in [-0.2, -0.15) is 13.2 Å². The van der Waals surface area contributed by atoms with E-state index in [2.05, 4.69) is 0 Å². The van der Waals surface area contributed by atoms with Gasteiger partial charge in [0.25, 0.3) is 5.91 Å². The first-order chi connectivity index (χ1) is 13.8. The molecule has 1 heterocycles. The molecule has 3 amide bonds. The largest absolute Gasteiger partial charge is 0.447 e. The Kier molecular flexibility index (Phi) is 6.99. The van der Waals surface area contributed by atoms with Crippen molar-refractivity contribution in [3.8, 4) is 0 Å². The van der Waals surface area contributed by atoms with E-state index in [1.54, 1.807) is 30.3 Å². The molecule has 0 saturated carbocycles. The van der Waals surface area contributed by atoms with Crippen molar-refractivity contribution < 1.29 is 37.0 Å². The third-order valence-corrected chi connectivity index (χ3v) is 4.47. The zero-order valence-corrected chi connectivity index (χ0v) is 17.2. The lowest BCUT2D eigenvalue weighted by Gasteiger charge is -2.31. The summed E-state index contributed by atoms with van der Waals surface area (Å²) in [5, 5.41) is 1.98. The first kappa shape index (κ1) is 23.5. The predicted molar refractivity (Wildman–Crippen MR) is 101 cm³/mol. The number of imide groups is 1. The van der Waals surface area contributed by atoms with Crippen molar-refractivity contribution >= 4 is 18.1 Å². The highest BCUT2D eigenvalue weighted by molar-refractivity contribution is 5.98. The van der Waals surface area contributed by atoms with Gasteiger partial charge in [-0.25, -0.2) is 14.5 Å². The topological polar surface area (TPSA) is 84.9 Å². The molecule has 30 heavy (non-hydrogen) atoms. The summed E-state index contributed by atoms with van der Waals surface area (Å²) in [6.45, 7) is 5.20. The number of carbonyl (C=O) groups excluding carboxylic acids is 3. The van der Waals surface area contributed by atoms with Crippen LogP contribution in [0.2, 0.25) is 0 Å². The van der Waals surface area contributed by atoms with E-state index < -0.39 is 47.9 Å². The maximum atomic E-state index is 13.4. The van der Waals surface area contributed by atoms with E-state index in [0.717, 1.165) is 12.5 Å². The molecule has 1 N–H and O–H groups in total. The fourth-order valence-electron chi connectivity index (χ4n) is 2.94. The highest BCUT2D eigenvalue weighted by Gasteiger charge is 2.50. The molecular formula is C20H25F3N2O5. The normalized spacial score (nSPS) is 19.1. The SMILES string of the molecule is C[C@@H]([C@H](NC(=O)OC(C)(C)C)C(=O)N1C(=O)OC[C@@H]1Cc1ccccc1)C(F)(F)F. The number of halogens is 3. The van der Waals surface area contributed by atoms with Gasteiger partial charge in [-0.15, -0.1) is 0 Å². The molecule has 0 radical (unpaired) electrons. The molecule has 1 saturated heterocycles. The van der Waals surface area contributed by atoms with Crippen molar-refractivity contribution in [2.75, 3.05) is 6.61 Å². The summed E-state index contributed by atoms with van der Waals surface area (Å²) in [4.78, 5) is 37.9. The Morgan fingerprint density at radius 2 is 1.83 bits per heavy atom. The molecule has 0 aromatic heterocycles. The molecule has 0 bridgehead atoms. The summed E-state index contributed by atoms with van der Waals surface area (Å²) in [7, 11) is 0. The molecule has 1 aliphatic rings. The Morgan fingerprint density at radius 1 is 1.23 bits per heavy atom. The molecule has 10 heteroatoms. The van der Waals surface area contributed by atoms with E-state index >= 15 is 0 Å². The molecule has 0 aliphatic carbocycles. The van der Waals surface area contributed by atoms with Gasteiger partial charge in [0, 0.05) is 0 Å². The Hall–Kier alpha value is -2.78. The smallest absolute Gasteiger partial charge is 0.417 e. The summed E-state index contributed by atoms with van der Waals surface area (Å²) in [5.74, 6) is -3.46. The summed E-state index contributed by atoms with van der Waals surface area (Å²) < 4.78 is 50.1. The van der Waals surface area contributed by atoms with Crippen LogP contribution in [0.3, 0.4) is 0 Å². The highest BCUT2D eigenvalue weighted by Crippen LogP contribution is 2.31. The van der Waals surface area contributed by atoms with Gasteiger partial charge in [-0.3, -0.25) is 4.79 Å². The third kappa shape index (κ3) is 6.11. The minimum atomic E-state index is -4.80. The Morgan fingerprint density at radius 3 is 2.37 bits per heavy atom. The number of hydrogen-bond donors (Lipinski definition) is 1. The first-order valence-electron chi connectivity index (χ1n) is 9.39. The monoisotopic (exact) mass is 430 g/mol. The second-order valence-corrected chi connectivity index (χ2v) is 8.08. The zero-order chi connectivity index (χ0) is 22.7. The van der Waals surface area contributed by atoms with Crippen LogP contribution in [0, 0.1) is 5.92 Å². The molecule has 0 unspecified atom stereocenters. The van der Waals surface area contributed by atoms with E-state index in [1.165, 1.54) is 20.8 Å². The van der Waals surface area contributed by atoms with Crippen LogP contribution in [0.1, 0.15) is 33.3 Å². The molecule has 1 fully saturated rings. The van der Waals surface area contributed by atoms with E-state index in [9.17, 15) is 27.6 Å². The van der Waals surface area contributed by atoms with E-state index in [-0.39, 0.29) is 13.0 Å².